The Balaban J connectivity index is 1.97. The zero-order valence-corrected chi connectivity index (χ0v) is 9.01. The van der Waals surface area contributed by atoms with Gasteiger partial charge < -0.3 is 5.32 Å². The highest BCUT2D eigenvalue weighted by Gasteiger charge is 1.97. The summed E-state index contributed by atoms with van der Waals surface area (Å²) in [5.74, 6) is 0. The van der Waals surface area contributed by atoms with Crippen LogP contribution < -0.4 is 5.32 Å². The molecule has 0 fully saturated rings. The Morgan fingerprint density at radius 1 is 1.31 bits per heavy atom. The van der Waals surface area contributed by atoms with E-state index in [0.29, 0.717) is 12.1 Å². The molecule has 1 aromatic carbocycles. The second kappa shape index (κ2) is 4.49. The van der Waals surface area contributed by atoms with Crippen LogP contribution in [0.2, 0.25) is 0 Å². The van der Waals surface area contributed by atoms with Crippen molar-refractivity contribution in [3.63, 3.8) is 0 Å². The molecule has 0 atom stereocenters. The molecule has 2 rings (SSSR count). The van der Waals surface area contributed by atoms with Crippen molar-refractivity contribution in [2.24, 2.45) is 7.05 Å². The molecular formula is C12H12N4. The smallest absolute Gasteiger partial charge is 0.0991 e. The van der Waals surface area contributed by atoms with Gasteiger partial charge in [-0.2, -0.15) is 10.4 Å². The van der Waals surface area contributed by atoms with Gasteiger partial charge in [0.1, 0.15) is 0 Å². The lowest BCUT2D eigenvalue weighted by Gasteiger charge is -2.03. The number of hydrogen-bond donors (Lipinski definition) is 1. The average Bonchev–Trinajstić information content (AvgIpc) is 2.73. The first-order chi connectivity index (χ1) is 7.78. The van der Waals surface area contributed by atoms with Gasteiger partial charge in [-0.3, -0.25) is 4.68 Å². The van der Waals surface area contributed by atoms with Crippen molar-refractivity contribution in [3.8, 4) is 6.07 Å². The van der Waals surface area contributed by atoms with Crippen molar-refractivity contribution in [2.45, 2.75) is 6.54 Å². The van der Waals surface area contributed by atoms with E-state index in [-0.39, 0.29) is 0 Å². The molecule has 2 aromatic rings. The van der Waals surface area contributed by atoms with Gasteiger partial charge >= 0.3 is 0 Å². The number of nitriles is 1. The molecule has 4 nitrogen and oxygen atoms in total. The van der Waals surface area contributed by atoms with Crippen molar-refractivity contribution in [3.05, 3.63) is 47.8 Å². The lowest BCUT2D eigenvalue weighted by Crippen LogP contribution is -2.00. The Hall–Kier alpha value is -2.28. The predicted octanol–water partition coefficient (Wildman–Crippen LogP) is 1.90. The minimum absolute atomic E-state index is 0.670. The van der Waals surface area contributed by atoms with Crippen LogP contribution in [0.15, 0.2) is 36.5 Å². The highest BCUT2D eigenvalue weighted by molar-refractivity contribution is 5.47. The molecule has 0 amide bonds. The number of aromatic nitrogens is 2. The minimum Gasteiger partial charge on any atom is -0.379 e. The zero-order chi connectivity index (χ0) is 11.4. The highest BCUT2D eigenvalue weighted by Crippen LogP contribution is 2.09. The van der Waals surface area contributed by atoms with Gasteiger partial charge in [-0.1, -0.05) is 0 Å². The number of aryl methyl sites for hydroxylation is 1. The lowest BCUT2D eigenvalue weighted by atomic mass is 10.2. The summed E-state index contributed by atoms with van der Waals surface area (Å²) in [4.78, 5) is 0. The predicted molar refractivity (Wildman–Crippen MR) is 61.7 cm³/mol. The third kappa shape index (κ3) is 2.39. The number of nitrogens with zero attached hydrogens (tertiary/aromatic N) is 3. The van der Waals surface area contributed by atoms with E-state index in [9.17, 15) is 0 Å². The Morgan fingerprint density at radius 3 is 2.62 bits per heavy atom. The summed E-state index contributed by atoms with van der Waals surface area (Å²) in [5.41, 5.74) is 2.65. The van der Waals surface area contributed by atoms with Crippen molar-refractivity contribution < 1.29 is 0 Å². The van der Waals surface area contributed by atoms with Gasteiger partial charge in [0.15, 0.2) is 0 Å². The van der Waals surface area contributed by atoms with Gasteiger partial charge in [0.25, 0.3) is 0 Å². The SMILES string of the molecule is Cn1ccc(CNc2ccc(C#N)cc2)n1. The highest BCUT2D eigenvalue weighted by atomic mass is 15.3. The molecule has 1 aromatic heterocycles. The van der Waals surface area contributed by atoms with Crippen LogP contribution in [0.25, 0.3) is 0 Å². The largest absolute Gasteiger partial charge is 0.379 e. The average molecular weight is 212 g/mol. The Morgan fingerprint density at radius 2 is 2.06 bits per heavy atom. The maximum absolute atomic E-state index is 8.66. The monoisotopic (exact) mass is 212 g/mol. The van der Waals surface area contributed by atoms with E-state index in [1.165, 1.54) is 0 Å². The van der Waals surface area contributed by atoms with Gasteiger partial charge in [-0.25, -0.2) is 0 Å². The number of benzene rings is 1. The van der Waals surface area contributed by atoms with E-state index in [1.807, 2.05) is 31.4 Å². The van der Waals surface area contributed by atoms with Gasteiger partial charge in [0, 0.05) is 18.9 Å². The van der Waals surface area contributed by atoms with Crippen LogP contribution in [0.1, 0.15) is 11.3 Å². The summed E-state index contributed by atoms with van der Waals surface area (Å²) < 4.78 is 1.77. The summed E-state index contributed by atoms with van der Waals surface area (Å²) in [5, 5.41) is 16.2. The molecule has 0 bridgehead atoms. The third-order valence-electron chi connectivity index (χ3n) is 2.26. The lowest BCUT2D eigenvalue weighted by molar-refractivity contribution is 0.747. The molecule has 0 aliphatic carbocycles. The molecule has 0 saturated heterocycles. The second-order valence-electron chi connectivity index (χ2n) is 3.52. The van der Waals surface area contributed by atoms with Gasteiger partial charge in [-0.15, -0.1) is 0 Å². The summed E-state index contributed by atoms with van der Waals surface area (Å²) in [7, 11) is 1.89. The number of rotatable bonds is 3. The van der Waals surface area contributed by atoms with Crippen LogP contribution in [-0.2, 0) is 13.6 Å². The first kappa shape index (κ1) is 10.2. The van der Waals surface area contributed by atoms with Crippen molar-refractivity contribution in [1.82, 2.24) is 9.78 Å². The molecule has 16 heavy (non-hydrogen) atoms. The summed E-state index contributed by atoms with van der Waals surface area (Å²) in [6.07, 6.45) is 1.91. The molecule has 0 radical (unpaired) electrons. The van der Waals surface area contributed by atoms with Crippen molar-refractivity contribution in [2.75, 3.05) is 5.32 Å². The van der Waals surface area contributed by atoms with Gasteiger partial charge in [0.2, 0.25) is 0 Å². The molecule has 0 spiro atoms. The van der Waals surface area contributed by atoms with E-state index in [0.717, 1.165) is 11.4 Å². The van der Waals surface area contributed by atoms with E-state index >= 15 is 0 Å². The normalized spacial score (nSPS) is 9.75. The third-order valence-corrected chi connectivity index (χ3v) is 2.26. The van der Waals surface area contributed by atoms with Gasteiger partial charge in [0.05, 0.1) is 23.9 Å². The fraction of sp³-hybridized carbons (Fsp3) is 0.167. The topological polar surface area (TPSA) is 53.6 Å². The Kier molecular flexibility index (Phi) is 2.88. The van der Waals surface area contributed by atoms with E-state index < -0.39 is 0 Å². The molecule has 1 heterocycles. The standard InChI is InChI=1S/C12H12N4/c1-16-7-6-12(15-16)9-14-11-4-2-10(8-13)3-5-11/h2-7,14H,9H2,1H3. The fourth-order valence-corrected chi connectivity index (χ4v) is 1.41. The Bertz CT molecular complexity index is 505. The maximum atomic E-state index is 8.66. The number of anilines is 1. The quantitative estimate of drug-likeness (QED) is 0.845. The minimum atomic E-state index is 0.670. The van der Waals surface area contributed by atoms with Crippen molar-refractivity contribution in [1.29, 1.82) is 5.26 Å². The van der Waals surface area contributed by atoms with Gasteiger partial charge in [-0.05, 0) is 30.3 Å². The number of nitrogens with one attached hydrogen (secondary N) is 1. The molecule has 80 valence electrons. The molecular weight excluding hydrogens is 200 g/mol. The zero-order valence-electron chi connectivity index (χ0n) is 9.01. The first-order valence-corrected chi connectivity index (χ1v) is 5.00. The van der Waals surface area contributed by atoms with E-state index in [4.69, 9.17) is 5.26 Å². The summed E-state index contributed by atoms with van der Waals surface area (Å²) in [6.45, 7) is 0.687. The Labute approximate surface area is 94.1 Å². The molecule has 0 unspecified atom stereocenters. The van der Waals surface area contributed by atoms with Crippen LogP contribution in [0.5, 0.6) is 0 Å². The number of hydrogen-bond acceptors (Lipinski definition) is 3. The molecule has 4 heteroatoms. The molecule has 0 aliphatic rings. The molecule has 0 aliphatic heterocycles. The van der Waals surface area contributed by atoms with Crippen LogP contribution in [0, 0.1) is 11.3 Å². The van der Waals surface area contributed by atoms with E-state index in [2.05, 4.69) is 16.5 Å². The molecule has 1 N–H and O–H groups in total. The van der Waals surface area contributed by atoms with Crippen LogP contribution >= 0.6 is 0 Å². The van der Waals surface area contributed by atoms with Crippen molar-refractivity contribution >= 4 is 5.69 Å². The van der Waals surface area contributed by atoms with E-state index in [1.54, 1.807) is 16.8 Å². The molecule has 0 saturated carbocycles. The second-order valence-corrected chi connectivity index (χ2v) is 3.52. The van der Waals surface area contributed by atoms with Crippen LogP contribution in [0.4, 0.5) is 5.69 Å². The fourth-order valence-electron chi connectivity index (χ4n) is 1.41. The first-order valence-electron chi connectivity index (χ1n) is 5.00. The summed E-state index contributed by atoms with van der Waals surface area (Å²) >= 11 is 0. The van der Waals surface area contributed by atoms with Crippen LogP contribution in [0.3, 0.4) is 0 Å². The van der Waals surface area contributed by atoms with Crippen LogP contribution in [-0.4, -0.2) is 9.78 Å². The summed E-state index contributed by atoms with van der Waals surface area (Å²) in [6, 6.07) is 11.4. The maximum Gasteiger partial charge on any atom is 0.0991 e.